The molecule has 0 aliphatic heterocycles. The zero-order valence-corrected chi connectivity index (χ0v) is 13.7. The van der Waals surface area contributed by atoms with Gasteiger partial charge in [0, 0.05) is 11.6 Å². The van der Waals surface area contributed by atoms with Gasteiger partial charge in [-0.2, -0.15) is 0 Å². The molecule has 0 fully saturated rings. The summed E-state index contributed by atoms with van der Waals surface area (Å²) in [6.07, 6.45) is 11.1. The highest BCUT2D eigenvalue weighted by Gasteiger charge is 2.29. The zero-order valence-electron chi connectivity index (χ0n) is 13.7. The Morgan fingerprint density at radius 1 is 0.944 bits per heavy atom. The van der Waals surface area contributed by atoms with E-state index in [0.717, 1.165) is 0 Å². The molecular weight excluding hydrogens is 220 g/mol. The molecule has 0 spiro atoms. The summed E-state index contributed by atoms with van der Waals surface area (Å²) in [5.74, 6) is 0. The number of likely N-dealkylation sites (N-methyl/N-ethyl adjacent to an activating group) is 2. The SMILES string of the molecule is CCCCCCCCCC(NC)C(C)(C)N(C)C. The standard InChI is InChI=1S/C16H36N2/c1-7-8-9-10-11-12-13-14-15(17-4)16(2,3)18(5)6/h15,17H,7-14H2,1-6H3. The van der Waals surface area contributed by atoms with Crippen LogP contribution in [0.15, 0.2) is 0 Å². The van der Waals surface area contributed by atoms with Crippen LogP contribution in [0.3, 0.4) is 0 Å². The molecule has 0 saturated carbocycles. The molecule has 2 heteroatoms. The second kappa shape index (κ2) is 9.80. The molecule has 0 aliphatic rings. The van der Waals surface area contributed by atoms with Crippen molar-refractivity contribution in [2.75, 3.05) is 21.1 Å². The summed E-state index contributed by atoms with van der Waals surface area (Å²) in [5.41, 5.74) is 0.233. The van der Waals surface area contributed by atoms with Crippen LogP contribution in [0.25, 0.3) is 0 Å². The monoisotopic (exact) mass is 256 g/mol. The molecule has 0 aromatic heterocycles. The second-order valence-electron chi connectivity index (χ2n) is 6.30. The van der Waals surface area contributed by atoms with Crippen molar-refractivity contribution in [3.63, 3.8) is 0 Å². The molecule has 110 valence electrons. The Labute approximate surface area is 116 Å². The highest BCUT2D eigenvalue weighted by molar-refractivity contribution is 4.90. The smallest absolute Gasteiger partial charge is 0.0300 e. The minimum atomic E-state index is 0.233. The molecule has 0 saturated heterocycles. The van der Waals surface area contributed by atoms with Crippen LogP contribution < -0.4 is 5.32 Å². The number of nitrogens with zero attached hydrogens (tertiary/aromatic N) is 1. The average Bonchev–Trinajstić information content (AvgIpc) is 2.32. The Balaban J connectivity index is 3.75. The van der Waals surface area contributed by atoms with Crippen molar-refractivity contribution < 1.29 is 0 Å². The van der Waals surface area contributed by atoms with Gasteiger partial charge in [-0.3, -0.25) is 0 Å². The Bertz CT molecular complexity index is 188. The van der Waals surface area contributed by atoms with Gasteiger partial charge in [-0.15, -0.1) is 0 Å². The second-order valence-corrected chi connectivity index (χ2v) is 6.30. The molecule has 0 aromatic carbocycles. The van der Waals surface area contributed by atoms with E-state index < -0.39 is 0 Å². The lowest BCUT2D eigenvalue weighted by atomic mass is 9.89. The fraction of sp³-hybridized carbons (Fsp3) is 1.00. The van der Waals surface area contributed by atoms with Gasteiger partial charge in [-0.05, 0) is 41.4 Å². The van der Waals surface area contributed by atoms with E-state index in [2.05, 4.69) is 52.1 Å². The van der Waals surface area contributed by atoms with Gasteiger partial charge in [0.05, 0.1) is 0 Å². The lowest BCUT2D eigenvalue weighted by Crippen LogP contribution is -2.54. The van der Waals surface area contributed by atoms with Gasteiger partial charge in [0.25, 0.3) is 0 Å². The summed E-state index contributed by atoms with van der Waals surface area (Å²) < 4.78 is 0. The lowest BCUT2D eigenvalue weighted by Gasteiger charge is -2.40. The maximum atomic E-state index is 3.49. The van der Waals surface area contributed by atoms with Crippen molar-refractivity contribution in [1.29, 1.82) is 0 Å². The topological polar surface area (TPSA) is 15.3 Å². The van der Waals surface area contributed by atoms with Crippen LogP contribution in [0.4, 0.5) is 0 Å². The molecule has 0 bridgehead atoms. The van der Waals surface area contributed by atoms with E-state index in [-0.39, 0.29) is 5.54 Å². The van der Waals surface area contributed by atoms with E-state index in [0.29, 0.717) is 6.04 Å². The van der Waals surface area contributed by atoms with E-state index in [4.69, 9.17) is 0 Å². The summed E-state index contributed by atoms with van der Waals surface area (Å²) in [6.45, 7) is 6.94. The zero-order chi connectivity index (χ0) is 14.0. The minimum absolute atomic E-state index is 0.233. The Kier molecular flexibility index (Phi) is 9.76. The molecule has 1 N–H and O–H groups in total. The highest BCUT2D eigenvalue weighted by atomic mass is 15.2. The van der Waals surface area contributed by atoms with E-state index in [1.807, 2.05) is 0 Å². The van der Waals surface area contributed by atoms with Gasteiger partial charge >= 0.3 is 0 Å². The maximum absolute atomic E-state index is 3.49. The summed E-state index contributed by atoms with van der Waals surface area (Å²) in [7, 11) is 6.45. The fourth-order valence-corrected chi connectivity index (χ4v) is 2.47. The van der Waals surface area contributed by atoms with Gasteiger partial charge in [0.15, 0.2) is 0 Å². The summed E-state index contributed by atoms with van der Waals surface area (Å²) >= 11 is 0. The third kappa shape index (κ3) is 6.75. The number of nitrogens with one attached hydrogen (secondary N) is 1. The third-order valence-corrected chi connectivity index (χ3v) is 4.45. The van der Waals surface area contributed by atoms with Crippen molar-refractivity contribution in [3.05, 3.63) is 0 Å². The van der Waals surface area contributed by atoms with E-state index in [1.54, 1.807) is 0 Å². The predicted octanol–water partition coefficient (Wildman–Crippen LogP) is 4.06. The van der Waals surface area contributed by atoms with Crippen molar-refractivity contribution in [3.8, 4) is 0 Å². The van der Waals surface area contributed by atoms with Crippen molar-refractivity contribution in [2.24, 2.45) is 0 Å². The molecule has 2 nitrogen and oxygen atoms in total. The summed E-state index contributed by atoms with van der Waals surface area (Å²) in [4.78, 5) is 2.33. The molecule has 18 heavy (non-hydrogen) atoms. The molecule has 0 aromatic rings. The number of hydrogen-bond acceptors (Lipinski definition) is 2. The summed E-state index contributed by atoms with van der Waals surface area (Å²) in [6, 6.07) is 0.586. The first-order valence-corrected chi connectivity index (χ1v) is 7.81. The quantitative estimate of drug-likeness (QED) is 0.561. The largest absolute Gasteiger partial charge is 0.315 e. The van der Waals surface area contributed by atoms with Crippen LogP contribution in [0.2, 0.25) is 0 Å². The Morgan fingerprint density at radius 2 is 1.44 bits per heavy atom. The first-order valence-electron chi connectivity index (χ1n) is 7.81. The molecule has 0 aliphatic carbocycles. The molecule has 0 heterocycles. The number of unbranched alkanes of at least 4 members (excludes halogenated alkanes) is 6. The molecular formula is C16H36N2. The van der Waals surface area contributed by atoms with Gasteiger partial charge in [0.1, 0.15) is 0 Å². The fourth-order valence-electron chi connectivity index (χ4n) is 2.47. The predicted molar refractivity (Wildman–Crippen MR) is 83.2 cm³/mol. The molecule has 1 unspecified atom stereocenters. The van der Waals surface area contributed by atoms with Crippen molar-refractivity contribution >= 4 is 0 Å². The van der Waals surface area contributed by atoms with Gasteiger partial charge in [0.2, 0.25) is 0 Å². The first-order chi connectivity index (χ1) is 8.46. The number of rotatable bonds is 11. The number of hydrogen-bond donors (Lipinski definition) is 1. The average molecular weight is 256 g/mol. The van der Waals surface area contributed by atoms with Gasteiger partial charge < -0.3 is 10.2 Å². The Morgan fingerprint density at radius 3 is 1.89 bits per heavy atom. The molecule has 0 radical (unpaired) electrons. The van der Waals surface area contributed by atoms with Gasteiger partial charge in [-0.25, -0.2) is 0 Å². The van der Waals surface area contributed by atoms with Gasteiger partial charge in [-0.1, -0.05) is 51.9 Å². The molecule has 0 rings (SSSR count). The van der Waals surface area contributed by atoms with Crippen LogP contribution in [0.1, 0.15) is 72.1 Å². The van der Waals surface area contributed by atoms with Crippen LogP contribution in [0, 0.1) is 0 Å². The van der Waals surface area contributed by atoms with Crippen molar-refractivity contribution in [2.45, 2.75) is 83.7 Å². The Hall–Kier alpha value is -0.0800. The van der Waals surface area contributed by atoms with Crippen molar-refractivity contribution in [1.82, 2.24) is 10.2 Å². The third-order valence-electron chi connectivity index (χ3n) is 4.45. The minimum Gasteiger partial charge on any atom is -0.315 e. The maximum Gasteiger partial charge on any atom is 0.0300 e. The highest BCUT2D eigenvalue weighted by Crippen LogP contribution is 2.20. The normalized spacial score (nSPS) is 14.2. The molecule has 1 atom stereocenters. The van der Waals surface area contributed by atoms with Crippen LogP contribution in [-0.4, -0.2) is 37.6 Å². The van der Waals surface area contributed by atoms with Crippen LogP contribution in [-0.2, 0) is 0 Å². The van der Waals surface area contributed by atoms with E-state index in [1.165, 1.54) is 51.4 Å². The van der Waals surface area contributed by atoms with E-state index >= 15 is 0 Å². The first kappa shape index (κ1) is 17.9. The lowest BCUT2D eigenvalue weighted by molar-refractivity contribution is 0.135. The van der Waals surface area contributed by atoms with Crippen LogP contribution in [0.5, 0.6) is 0 Å². The molecule has 0 amide bonds. The summed E-state index contributed by atoms with van der Waals surface area (Å²) in [5, 5.41) is 3.49. The van der Waals surface area contributed by atoms with E-state index in [9.17, 15) is 0 Å². The van der Waals surface area contributed by atoms with Crippen LogP contribution >= 0.6 is 0 Å².